The third-order valence-corrected chi connectivity index (χ3v) is 2.32. The number of nitrogens with zero attached hydrogens (tertiary/aromatic N) is 2. The molecule has 0 aliphatic heterocycles. The highest BCUT2D eigenvalue weighted by molar-refractivity contribution is 5.64. The molecule has 2 aromatic rings. The summed E-state index contributed by atoms with van der Waals surface area (Å²) < 4.78 is 0. The fraction of sp³-hybridized carbons (Fsp3) is 0.167. The highest BCUT2D eigenvalue weighted by atomic mass is 16.3. The number of aromatic nitrogens is 2. The van der Waals surface area contributed by atoms with Gasteiger partial charge in [0.15, 0.2) is 0 Å². The Morgan fingerprint density at radius 3 is 2.94 bits per heavy atom. The van der Waals surface area contributed by atoms with Crippen LogP contribution in [0, 0.1) is 0 Å². The maximum atomic E-state index is 9.43. The predicted octanol–water partition coefficient (Wildman–Crippen LogP) is 1.35. The van der Waals surface area contributed by atoms with Gasteiger partial charge in [-0.05, 0) is 30.7 Å². The van der Waals surface area contributed by atoms with Gasteiger partial charge >= 0.3 is 0 Å². The fourth-order valence-electron chi connectivity index (χ4n) is 1.61. The Morgan fingerprint density at radius 2 is 2.19 bits per heavy atom. The van der Waals surface area contributed by atoms with Crippen LogP contribution in [0.1, 0.15) is 5.56 Å². The number of benzene rings is 1. The van der Waals surface area contributed by atoms with E-state index in [0.717, 1.165) is 23.2 Å². The molecule has 0 bridgehead atoms. The second-order valence-corrected chi connectivity index (χ2v) is 3.49. The highest BCUT2D eigenvalue weighted by Gasteiger charge is 2.06. The van der Waals surface area contributed by atoms with Crippen molar-refractivity contribution >= 4 is 0 Å². The van der Waals surface area contributed by atoms with Crippen LogP contribution in [0.3, 0.4) is 0 Å². The number of aromatic hydroxyl groups is 1. The van der Waals surface area contributed by atoms with Gasteiger partial charge in [-0.3, -0.25) is 0 Å². The summed E-state index contributed by atoms with van der Waals surface area (Å²) in [7, 11) is 0. The van der Waals surface area contributed by atoms with Crippen LogP contribution in [0.5, 0.6) is 5.75 Å². The maximum absolute atomic E-state index is 9.43. The summed E-state index contributed by atoms with van der Waals surface area (Å²) in [5.41, 5.74) is 8.24. The lowest BCUT2D eigenvalue weighted by Gasteiger charge is -2.06. The molecule has 0 fully saturated rings. The summed E-state index contributed by atoms with van der Waals surface area (Å²) in [5.74, 6) is 0.231. The second-order valence-electron chi connectivity index (χ2n) is 3.49. The van der Waals surface area contributed by atoms with Gasteiger partial charge in [0, 0.05) is 11.8 Å². The van der Waals surface area contributed by atoms with Gasteiger partial charge in [0.1, 0.15) is 12.1 Å². The Hall–Kier alpha value is -1.94. The van der Waals surface area contributed by atoms with E-state index in [0.29, 0.717) is 6.54 Å². The summed E-state index contributed by atoms with van der Waals surface area (Å²) in [6, 6.07) is 7.01. The van der Waals surface area contributed by atoms with E-state index in [-0.39, 0.29) is 5.75 Å². The van der Waals surface area contributed by atoms with Gasteiger partial charge in [-0.2, -0.15) is 0 Å². The minimum Gasteiger partial charge on any atom is -0.508 e. The van der Waals surface area contributed by atoms with Gasteiger partial charge in [-0.15, -0.1) is 0 Å². The summed E-state index contributed by atoms with van der Waals surface area (Å²) in [6.07, 6.45) is 3.99. The zero-order valence-corrected chi connectivity index (χ0v) is 8.80. The first-order valence-electron chi connectivity index (χ1n) is 5.09. The first kappa shape index (κ1) is 10.6. The molecule has 0 spiro atoms. The van der Waals surface area contributed by atoms with Crippen LogP contribution in [-0.2, 0) is 6.42 Å². The molecule has 1 aromatic carbocycles. The molecule has 1 aromatic heterocycles. The van der Waals surface area contributed by atoms with Crippen molar-refractivity contribution in [2.45, 2.75) is 6.42 Å². The number of hydrogen-bond acceptors (Lipinski definition) is 4. The summed E-state index contributed by atoms with van der Waals surface area (Å²) >= 11 is 0. The maximum Gasteiger partial charge on any atom is 0.116 e. The van der Waals surface area contributed by atoms with Crippen LogP contribution in [0.25, 0.3) is 11.3 Å². The Morgan fingerprint density at radius 1 is 1.31 bits per heavy atom. The van der Waals surface area contributed by atoms with Crippen LogP contribution in [0.2, 0.25) is 0 Å². The van der Waals surface area contributed by atoms with Crippen molar-refractivity contribution < 1.29 is 5.11 Å². The van der Waals surface area contributed by atoms with Crippen molar-refractivity contribution in [3.63, 3.8) is 0 Å². The van der Waals surface area contributed by atoms with Crippen molar-refractivity contribution in [1.29, 1.82) is 0 Å². The molecule has 0 amide bonds. The molecule has 16 heavy (non-hydrogen) atoms. The van der Waals surface area contributed by atoms with E-state index in [1.54, 1.807) is 24.4 Å². The largest absolute Gasteiger partial charge is 0.508 e. The van der Waals surface area contributed by atoms with Crippen LogP contribution in [0.4, 0.5) is 0 Å². The van der Waals surface area contributed by atoms with Crippen LogP contribution >= 0.6 is 0 Å². The topological polar surface area (TPSA) is 72.0 Å². The van der Waals surface area contributed by atoms with Crippen molar-refractivity contribution in [3.8, 4) is 17.0 Å². The third kappa shape index (κ3) is 2.17. The zero-order chi connectivity index (χ0) is 11.4. The minimum atomic E-state index is 0.231. The monoisotopic (exact) mass is 215 g/mol. The molecule has 3 N–H and O–H groups in total. The first-order chi connectivity index (χ1) is 7.81. The number of phenols is 1. The van der Waals surface area contributed by atoms with E-state index >= 15 is 0 Å². The van der Waals surface area contributed by atoms with Gasteiger partial charge in [0.05, 0.1) is 5.69 Å². The van der Waals surface area contributed by atoms with Gasteiger partial charge in [0.2, 0.25) is 0 Å². The SMILES string of the molecule is NCCc1cncnc1-c1cccc(O)c1. The Bertz CT molecular complexity index is 485. The van der Waals surface area contributed by atoms with Gasteiger partial charge in [-0.25, -0.2) is 9.97 Å². The average Bonchev–Trinajstić information content (AvgIpc) is 2.30. The van der Waals surface area contributed by atoms with Crippen molar-refractivity contribution in [3.05, 3.63) is 42.4 Å². The smallest absolute Gasteiger partial charge is 0.116 e. The Kier molecular flexibility index (Phi) is 3.12. The standard InChI is InChI=1S/C12H13N3O/c13-5-4-10-7-14-8-15-12(10)9-2-1-3-11(16)6-9/h1-3,6-8,16H,4-5,13H2. The summed E-state index contributed by atoms with van der Waals surface area (Å²) in [5, 5.41) is 9.43. The van der Waals surface area contributed by atoms with E-state index in [9.17, 15) is 5.11 Å². The molecule has 4 heteroatoms. The molecule has 0 saturated heterocycles. The molecule has 0 aliphatic rings. The molecule has 0 saturated carbocycles. The molecule has 82 valence electrons. The van der Waals surface area contributed by atoms with E-state index in [1.807, 2.05) is 6.07 Å². The Balaban J connectivity index is 2.46. The predicted molar refractivity (Wildman–Crippen MR) is 61.9 cm³/mol. The van der Waals surface area contributed by atoms with Gasteiger partial charge in [0.25, 0.3) is 0 Å². The highest BCUT2D eigenvalue weighted by Crippen LogP contribution is 2.23. The lowest BCUT2D eigenvalue weighted by Crippen LogP contribution is -2.05. The van der Waals surface area contributed by atoms with Crippen molar-refractivity contribution in [2.24, 2.45) is 5.73 Å². The minimum absolute atomic E-state index is 0.231. The number of phenolic OH excluding ortho intramolecular Hbond substituents is 1. The molecule has 4 nitrogen and oxygen atoms in total. The Labute approximate surface area is 93.8 Å². The third-order valence-electron chi connectivity index (χ3n) is 2.32. The fourth-order valence-corrected chi connectivity index (χ4v) is 1.61. The quantitative estimate of drug-likeness (QED) is 0.810. The molecular weight excluding hydrogens is 202 g/mol. The summed E-state index contributed by atoms with van der Waals surface area (Å²) in [6.45, 7) is 0.555. The molecular formula is C12H13N3O. The molecule has 0 atom stereocenters. The van der Waals surface area contributed by atoms with E-state index in [4.69, 9.17) is 5.73 Å². The lowest BCUT2D eigenvalue weighted by atomic mass is 10.0. The molecule has 0 aliphatic carbocycles. The molecule has 0 radical (unpaired) electrons. The number of nitrogens with two attached hydrogens (primary N) is 1. The van der Waals surface area contributed by atoms with Gasteiger partial charge in [-0.1, -0.05) is 12.1 Å². The average molecular weight is 215 g/mol. The van der Waals surface area contributed by atoms with Crippen molar-refractivity contribution in [1.82, 2.24) is 9.97 Å². The van der Waals surface area contributed by atoms with Crippen LogP contribution < -0.4 is 5.73 Å². The van der Waals surface area contributed by atoms with Crippen LogP contribution in [-0.4, -0.2) is 21.6 Å². The van der Waals surface area contributed by atoms with Crippen molar-refractivity contribution in [2.75, 3.05) is 6.54 Å². The first-order valence-corrected chi connectivity index (χ1v) is 5.09. The zero-order valence-electron chi connectivity index (χ0n) is 8.80. The van der Waals surface area contributed by atoms with Crippen LogP contribution in [0.15, 0.2) is 36.8 Å². The van der Waals surface area contributed by atoms with E-state index in [2.05, 4.69) is 9.97 Å². The second kappa shape index (κ2) is 4.72. The molecule has 0 unspecified atom stereocenters. The molecule has 2 rings (SSSR count). The van der Waals surface area contributed by atoms with Gasteiger partial charge < -0.3 is 10.8 Å². The molecule has 1 heterocycles. The lowest BCUT2D eigenvalue weighted by molar-refractivity contribution is 0.475. The number of rotatable bonds is 3. The normalized spacial score (nSPS) is 10.3. The van der Waals surface area contributed by atoms with E-state index in [1.165, 1.54) is 6.33 Å². The number of hydrogen-bond donors (Lipinski definition) is 2. The van der Waals surface area contributed by atoms with E-state index < -0.39 is 0 Å². The summed E-state index contributed by atoms with van der Waals surface area (Å²) in [4.78, 5) is 8.21.